The molecule has 2 heterocycles. The highest BCUT2D eigenvalue weighted by Crippen LogP contribution is 2.32. The van der Waals surface area contributed by atoms with Crippen molar-refractivity contribution in [3.05, 3.63) is 16.0 Å². The van der Waals surface area contributed by atoms with Gasteiger partial charge in [-0.15, -0.1) is 11.3 Å². The molecular formula is C12H16N2O3S. The van der Waals surface area contributed by atoms with E-state index in [9.17, 15) is 14.7 Å². The standard InChI is InChI=1S/C12H16N2O3S/c1-7-8(2)18-10(9(7)11(15)16)13-12(17)14-5-3-4-6-14/h3-6H2,1-2H3,(H,13,17)(H,15,16). The summed E-state index contributed by atoms with van der Waals surface area (Å²) in [6.07, 6.45) is 2.03. The summed E-state index contributed by atoms with van der Waals surface area (Å²) in [5.41, 5.74) is 0.939. The number of hydrogen-bond acceptors (Lipinski definition) is 3. The molecule has 1 fully saturated rings. The Kier molecular flexibility index (Phi) is 3.56. The summed E-state index contributed by atoms with van der Waals surface area (Å²) in [5, 5.41) is 12.3. The lowest BCUT2D eigenvalue weighted by Gasteiger charge is -2.15. The Bertz CT molecular complexity index is 490. The van der Waals surface area contributed by atoms with Gasteiger partial charge in [-0.3, -0.25) is 5.32 Å². The minimum absolute atomic E-state index is 0.198. The Morgan fingerprint density at radius 2 is 1.89 bits per heavy atom. The second kappa shape index (κ2) is 4.97. The van der Waals surface area contributed by atoms with Crippen molar-refractivity contribution in [3.8, 4) is 0 Å². The highest BCUT2D eigenvalue weighted by Gasteiger charge is 2.23. The molecule has 0 bridgehead atoms. The van der Waals surface area contributed by atoms with Gasteiger partial charge >= 0.3 is 12.0 Å². The predicted molar refractivity (Wildman–Crippen MR) is 70.6 cm³/mol. The number of carbonyl (C=O) groups is 2. The summed E-state index contributed by atoms with van der Waals surface area (Å²) in [5.74, 6) is -0.992. The Labute approximate surface area is 109 Å². The molecule has 0 aliphatic carbocycles. The average molecular weight is 268 g/mol. The van der Waals surface area contributed by atoms with Gasteiger partial charge in [0.1, 0.15) is 5.00 Å². The smallest absolute Gasteiger partial charge is 0.338 e. The van der Waals surface area contributed by atoms with Crippen molar-refractivity contribution in [1.29, 1.82) is 0 Å². The third-order valence-electron chi connectivity index (χ3n) is 3.21. The Morgan fingerprint density at radius 1 is 1.28 bits per heavy atom. The van der Waals surface area contributed by atoms with E-state index in [1.807, 2.05) is 6.92 Å². The summed E-state index contributed by atoms with van der Waals surface area (Å²) in [4.78, 5) is 25.8. The van der Waals surface area contributed by atoms with Gasteiger partial charge in [0.15, 0.2) is 0 Å². The van der Waals surface area contributed by atoms with Crippen LogP contribution in [-0.2, 0) is 0 Å². The van der Waals surface area contributed by atoms with Gasteiger partial charge in [0.2, 0.25) is 0 Å². The van der Waals surface area contributed by atoms with Crippen LogP contribution >= 0.6 is 11.3 Å². The molecule has 6 heteroatoms. The van der Waals surface area contributed by atoms with Crippen LogP contribution in [0.2, 0.25) is 0 Å². The van der Waals surface area contributed by atoms with Crippen molar-refractivity contribution < 1.29 is 14.7 Å². The quantitative estimate of drug-likeness (QED) is 0.866. The number of anilines is 1. The predicted octanol–water partition coefficient (Wildman–Crippen LogP) is 2.69. The molecule has 1 aromatic heterocycles. The largest absolute Gasteiger partial charge is 0.478 e. The molecule has 98 valence electrons. The lowest BCUT2D eigenvalue weighted by molar-refractivity contribution is 0.0697. The minimum Gasteiger partial charge on any atom is -0.478 e. The number of urea groups is 1. The van der Waals surface area contributed by atoms with Crippen LogP contribution in [0, 0.1) is 13.8 Å². The number of likely N-dealkylation sites (tertiary alicyclic amines) is 1. The molecule has 1 aliphatic rings. The zero-order chi connectivity index (χ0) is 13.3. The molecule has 0 radical (unpaired) electrons. The summed E-state index contributed by atoms with van der Waals surface area (Å²) >= 11 is 1.32. The van der Waals surface area contributed by atoms with Crippen LogP contribution in [0.3, 0.4) is 0 Å². The van der Waals surface area contributed by atoms with Crippen molar-refractivity contribution in [1.82, 2.24) is 4.90 Å². The molecule has 0 aromatic carbocycles. The van der Waals surface area contributed by atoms with Gasteiger partial charge in [-0.1, -0.05) is 0 Å². The fourth-order valence-corrected chi connectivity index (χ4v) is 3.11. The molecule has 0 saturated carbocycles. The molecule has 1 saturated heterocycles. The zero-order valence-corrected chi connectivity index (χ0v) is 11.3. The Morgan fingerprint density at radius 3 is 2.44 bits per heavy atom. The lowest BCUT2D eigenvalue weighted by Crippen LogP contribution is -2.32. The first-order valence-corrected chi connectivity index (χ1v) is 6.71. The highest BCUT2D eigenvalue weighted by molar-refractivity contribution is 7.16. The van der Waals surface area contributed by atoms with Crippen LogP contribution in [0.25, 0.3) is 0 Å². The fraction of sp³-hybridized carbons (Fsp3) is 0.500. The Balaban J connectivity index is 2.20. The number of aryl methyl sites for hydroxylation is 1. The van der Waals surface area contributed by atoms with Crippen LogP contribution < -0.4 is 5.32 Å². The van der Waals surface area contributed by atoms with Gasteiger partial charge in [0, 0.05) is 18.0 Å². The zero-order valence-electron chi connectivity index (χ0n) is 10.4. The van der Waals surface area contributed by atoms with E-state index >= 15 is 0 Å². The van der Waals surface area contributed by atoms with Gasteiger partial charge in [-0.2, -0.15) is 0 Å². The third-order valence-corrected chi connectivity index (χ3v) is 4.34. The normalized spacial score (nSPS) is 14.9. The second-order valence-corrected chi connectivity index (χ2v) is 5.64. The molecule has 1 aliphatic heterocycles. The first kappa shape index (κ1) is 12.9. The van der Waals surface area contributed by atoms with E-state index in [1.54, 1.807) is 11.8 Å². The van der Waals surface area contributed by atoms with Crippen molar-refractivity contribution in [2.24, 2.45) is 0 Å². The van der Waals surface area contributed by atoms with Gasteiger partial charge in [0.05, 0.1) is 5.56 Å². The van der Waals surface area contributed by atoms with E-state index in [2.05, 4.69) is 5.32 Å². The molecule has 18 heavy (non-hydrogen) atoms. The number of carboxylic acid groups (broad SMARTS) is 1. The average Bonchev–Trinajstić information content (AvgIpc) is 2.88. The summed E-state index contributed by atoms with van der Waals surface area (Å²) in [6.45, 7) is 5.12. The van der Waals surface area contributed by atoms with Crippen LogP contribution in [-0.4, -0.2) is 35.1 Å². The van der Waals surface area contributed by atoms with Crippen molar-refractivity contribution in [2.75, 3.05) is 18.4 Å². The van der Waals surface area contributed by atoms with Crippen LogP contribution in [0.15, 0.2) is 0 Å². The van der Waals surface area contributed by atoms with Gasteiger partial charge in [-0.25, -0.2) is 9.59 Å². The number of carbonyl (C=O) groups excluding carboxylic acids is 1. The molecule has 0 atom stereocenters. The fourth-order valence-electron chi connectivity index (χ4n) is 2.07. The molecule has 2 rings (SSSR count). The van der Waals surface area contributed by atoms with E-state index in [0.29, 0.717) is 5.00 Å². The number of aromatic carboxylic acids is 1. The summed E-state index contributed by atoms with van der Waals surface area (Å²) in [7, 11) is 0. The van der Waals surface area contributed by atoms with Crippen LogP contribution in [0.5, 0.6) is 0 Å². The molecule has 0 spiro atoms. The maximum atomic E-state index is 11.9. The van der Waals surface area contributed by atoms with Crippen LogP contribution in [0.1, 0.15) is 33.6 Å². The number of carboxylic acids is 1. The molecule has 1 aromatic rings. The number of nitrogens with one attached hydrogen (secondary N) is 1. The third kappa shape index (κ3) is 2.33. The topological polar surface area (TPSA) is 69.6 Å². The van der Waals surface area contributed by atoms with E-state index in [4.69, 9.17) is 0 Å². The van der Waals surface area contributed by atoms with E-state index in [0.717, 1.165) is 36.4 Å². The summed E-state index contributed by atoms with van der Waals surface area (Å²) in [6, 6.07) is -0.198. The maximum Gasteiger partial charge on any atom is 0.338 e. The molecule has 5 nitrogen and oxygen atoms in total. The lowest BCUT2D eigenvalue weighted by atomic mass is 10.1. The first-order valence-electron chi connectivity index (χ1n) is 5.90. The van der Waals surface area contributed by atoms with E-state index in [1.165, 1.54) is 11.3 Å². The number of nitrogens with zero attached hydrogens (tertiary/aromatic N) is 1. The van der Waals surface area contributed by atoms with Gasteiger partial charge in [0.25, 0.3) is 0 Å². The second-order valence-electron chi connectivity index (χ2n) is 4.42. The van der Waals surface area contributed by atoms with Crippen LogP contribution in [0.4, 0.5) is 9.80 Å². The summed E-state index contributed by atoms with van der Waals surface area (Å²) < 4.78 is 0. The molecule has 0 unspecified atom stereocenters. The number of amides is 2. The minimum atomic E-state index is -0.992. The van der Waals surface area contributed by atoms with Crippen molar-refractivity contribution >= 4 is 28.3 Å². The molecular weight excluding hydrogens is 252 g/mol. The number of hydrogen-bond donors (Lipinski definition) is 2. The highest BCUT2D eigenvalue weighted by atomic mass is 32.1. The van der Waals surface area contributed by atoms with Crippen molar-refractivity contribution in [2.45, 2.75) is 26.7 Å². The number of thiophene rings is 1. The first-order chi connectivity index (χ1) is 8.50. The van der Waals surface area contributed by atoms with Gasteiger partial charge in [-0.05, 0) is 32.3 Å². The Hall–Kier alpha value is -1.56. The molecule has 2 N–H and O–H groups in total. The van der Waals surface area contributed by atoms with Crippen molar-refractivity contribution in [3.63, 3.8) is 0 Å². The maximum absolute atomic E-state index is 11.9. The van der Waals surface area contributed by atoms with Gasteiger partial charge < -0.3 is 10.0 Å². The van der Waals surface area contributed by atoms with E-state index < -0.39 is 5.97 Å². The number of rotatable bonds is 2. The van der Waals surface area contributed by atoms with E-state index in [-0.39, 0.29) is 11.6 Å². The monoisotopic (exact) mass is 268 g/mol. The molecule has 2 amide bonds. The SMILES string of the molecule is Cc1sc(NC(=O)N2CCCC2)c(C(=O)O)c1C.